The van der Waals surface area contributed by atoms with Crippen LogP contribution in [0.3, 0.4) is 0 Å². The predicted octanol–water partition coefficient (Wildman–Crippen LogP) is 3.03. The van der Waals surface area contributed by atoms with Crippen molar-refractivity contribution < 1.29 is 20.1 Å². The van der Waals surface area contributed by atoms with Gasteiger partial charge in [-0.3, -0.25) is 0 Å². The van der Waals surface area contributed by atoms with E-state index in [1.165, 1.54) is 27.8 Å². The summed E-state index contributed by atoms with van der Waals surface area (Å²) >= 11 is 0. The van der Waals surface area contributed by atoms with Gasteiger partial charge < -0.3 is 0 Å². The first kappa shape index (κ1) is 11.9. The maximum atomic E-state index is 3.35. The summed E-state index contributed by atoms with van der Waals surface area (Å²) in [7, 11) is 0. The Labute approximate surface area is 88.7 Å². The summed E-state index contributed by atoms with van der Waals surface area (Å²) in [5.41, 5.74) is 6.75. The molecule has 0 fully saturated rings. The van der Waals surface area contributed by atoms with Crippen molar-refractivity contribution >= 4 is 0 Å². The maximum Gasteiger partial charge on any atom is 0 e. The summed E-state index contributed by atoms with van der Waals surface area (Å²) in [5.74, 6) is 0. The van der Waals surface area contributed by atoms with Crippen LogP contribution in [0.1, 0.15) is 27.8 Å². The van der Waals surface area contributed by atoms with Crippen molar-refractivity contribution in [3.63, 3.8) is 0 Å². The molecule has 0 nitrogen and oxygen atoms in total. The Bertz CT molecular complexity index is 261. The van der Waals surface area contributed by atoms with E-state index in [9.17, 15) is 0 Å². The molecule has 12 heavy (non-hydrogen) atoms. The van der Waals surface area contributed by atoms with Gasteiger partial charge in [0.2, 0.25) is 0 Å². The van der Waals surface area contributed by atoms with Crippen molar-refractivity contribution in [2.24, 2.45) is 0 Å². The van der Waals surface area contributed by atoms with E-state index in [1.54, 1.807) is 0 Å². The van der Waals surface area contributed by atoms with Crippen LogP contribution in [0.2, 0.25) is 0 Å². The van der Waals surface area contributed by atoms with Crippen molar-refractivity contribution in [3.05, 3.63) is 33.9 Å². The first-order valence-electron chi connectivity index (χ1n) is 4.00. The van der Waals surface area contributed by atoms with Crippen LogP contribution in [-0.4, -0.2) is 0 Å². The van der Waals surface area contributed by atoms with Gasteiger partial charge in [0.25, 0.3) is 0 Å². The van der Waals surface area contributed by atoms with Gasteiger partial charge in [-0.1, -0.05) is 34.6 Å². The fourth-order valence-electron chi connectivity index (χ4n) is 1.31. The summed E-state index contributed by atoms with van der Waals surface area (Å²) in [4.78, 5) is 0. The molecular weight excluding hydrogens is 230 g/mol. The Morgan fingerprint density at radius 3 is 1.33 bits per heavy atom. The minimum absolute atomic E-state index is 0. The summed E-state index contributed by atoms with van der Waals surface area (Å²) in [6, 6.07) is 3.35. The third-order valence-corrected chi connectivity index (χ3v) is 2.62. The zero-order chi connectivity index (χ0) is 8.59. The van der Waals surface area contributed by atoms with Gasteiger partial charge >= 0.3 is 0 Å². The zero-order valence-corrected chi connectivity index (χ0v) is 10.2. The van der Waals surface area contributed by atoms with Crippen molar-refractivity contribution in [2.75, 3.05) is 0 Å². The van der Waals surface area contributed by atoms with Crippen LogP contribution in [0.5, 0.6) is 0 Å². The number of hydrogen-bond donors (Lipinski definition) is 0. The second-order valence-electron chi connectivity index (χ2n) is 3.25. The predicted molar refractivity (Wildman–Crippen MR) is 49.0 cm³/mol. The number of aryl methyl sites for hydroxylation is 2. The average molecular weight is 245 g/mol. The molecule has 0 aliphatic heterocycles. The fourth-order valence-corrected chi connectivity index (χ4v) is 1.31. The minimum atomic E-state index is 0. The Balaban J connectivity index is 0.00000121. The van der Waals surface area contributed by atoms with Gasteiger partial charge in [0, 0.05) is 20.1 Å². The van der Waals surface area contributed by atoms with Crippen LogP contribution < -0.4 is 0 Å². The molecule has 1 radical (unpaired) electrons. The summed E-state index contributed by atoms with van der Waals surface area (Å²) in [6.45, 7) is 10.7. The van der Waals surface area contributed by atoms with Crippen molar-refractivity contribution in [2.45, 2.75) is 34.6 Å². The second kappa shape index (κ2) is 4.20. The van der Waals surface area contributed by atoms with Crippen LogP contribution in [0.25, 0.3) is 0 Å². The number of benzene rings is 1. The molecule has 1 rings (SSSR count). The standard InChI is InChI=1S/C11H15.Tc/c1-7-6-8(2)10(4)11(5)9(7)3;/h1-5H3;/q-1;. The van der Waals surface area contributed by atoms with Gasteiger partial charge in [0.1, 0.15) is 0 Å². The first-order valence-corrected chi connectivity index (χ1v) is 4.00. The maximum absolute atomic E-state index is 3.35. The normalized spacial score (nSPS) is 9.42. The van der Waals surface area contributed by atoms with Crippen LogP contribution in [-0.2, 0) is 20.1 Å². The summed E-state index contributed by atoms with van der Waals surface area (Å²) in [5, 5.41) is 0. The SMILES string of the molecule is Cc1[c-]c(C)c(C)c(C)c1C.[Tc]. The van der Waals surface area contributed by atoms with Crippen LogP contribution >= 0.6 is 0 Å². The van der Waals surface area contributed by atoms with E-state index in [1.807, 2.05) is 0 Å². The molecule has 0 aliphatic carbocycles. The van der Waals surface area contributed by atoms with Gasteiger partial charge in [-0.2, -0.15) is 33.9 Å². The van der Waals surface area contributed by atoms with Crippen molar-refractivity contribution in [3.8, 4) is 0 Å². The molecular formula is C11H15Tc-. The van der Waals surface area contributed by atoms with Crippen LogP contribution in [0.4, 0.5) is 0 Å². The number of rotatable bonds is 0. The Hall–Kier alpha value is -0.131. The van der Waals surface area contributed by atoms with E-state index in [0.29, 0.717) is 0 Å². The largest absolute Gasteiger partial charge is 0.177 e. The third-order valence-electron chi connectivity index (χ3n) is 2.62. The van der Waals surface area contributed by atoms with E-state index >= 15 is 0 Å². The quantitative estimate of drug-likeness (QED) is 0.616. The van der Waals surface area contributed by atoms with Gasteiger partial charge in [-0.05, 0) is 0 Å². The molecule has 0 amide bonds. The van der Waals surface area contributed by atoms with Crippen molar-refractivity contribution in [1.82, 2.24) is 0 Å². The van der Waals surface area contributed by atoms with Crippen molar-refractivity contribution in [1.29, 1.82) is 0 Å². The van der Waals surface area contributed by atoms with Gasteiger partial charge in [-0.25, -0.2) is 0 Å². The molecule has 0 unspecified atom stereocenters. The van der Waals surface area contributed by atoms with Gasteiger partial charge in [-0.15, -0.1) is 0 Å². The average Bonchev–Trinajstić information content (AvgIpc) is 1.97. The van der Waals surface area contributed by atoms with Crippen LogP contribution in [0.15, 0.2) is 0 Å². The van der Waals surface area contributed by atoms with Crippen LogP contribution in [0, 0.1) is 40.7 Å². The van der Waals surface area contributed by atoms with E-state index in [2.05, 4.69) is 40.7 Å². The molecule has 1 aromatic rings. The Morgan fingerprint density at radius 2 is 1.00 bits per heavy atom. The molecule has 1 heteroatoms. The molecule has 0 spiro atoms. The van der Waals surface area contributed by atoms with Gasteiger partial charge in [0.15, 0.2) is 0 Å². The second-order valence-corrected chi connectivity index (χ2v) is 3.25. The third kappa shape index (κ3) is 1.97. The molecule has 0 bridgehead atoms. The summed E-state index contributed by atoms with van der Waals surface area (Å²) < 4.78 is 0. The zero-order valence-electron chi connectivity index (χ0n) is 8.38. The fraction of sp³-hybridized carbons (Fsp3) is 0.455. The monoisotopic (exact) mass is 244 g/mol. The summed E-state index contributed by atoms with van der Waals surface area (Å²) in [6.07, 6.45) is 0. The Kier molecular flexibility index (Phi) is 4.16. The molecule has 0 aliphatic rings. The molecule has 0 heterocycles. The minimum Gasteiger partial charge on any atom is -0.177 e. The van der Waals surface area contributed by atoms with E-state index < -0.39 is 0 Å². The molecule has 67 valence electrons. The molecule has 0 N–H and O–H groups in total. The van der Waals surface area contributed by atoms with Gasteiger partial charge in [0.05, 0.1) is 0 Å². The van der Waals surface area contributed by atoms with E-state index in [-0.39, 0.29) is 20.1 Å². The van der Waals surface area contributed by atoms with E-state index in [0.717, 1.165) is 0 Å². The van der Waals surface area contributed by atoms with E-state index in [4.69, 9.17) is 0 Å². The first-order chi connectivity index (χ1) is 5.04. The molecule has 0 saturated heterocycles. The molecule has 1 aromatic carbocycles. The molecule has 0 aromatic heterocycles. The smallest absolute Gasteiger partial charge is 0 e. The molecule has 0 atom stereocenters. The molecule has 0 saturated carbocycles. The topological polar surface area (TPSA) is 0 Å². The Morgan fingerprint density at radius 1 is 0.667 bits per heavy atom. The number of hydrogen-bond acceptors (Lipinski definition) is 0.